The lowest BCUT2D eigenvalue weighted by atomic mass is 9.96. The van der Waals surface area contributed by atoms with E-state index in [1.165, 1.54) is 12.1 Å². The summed E-state index contributed by atoms with van der Waals surface area (Å²) in [6.45, 7) is 2.29. The molecule has 0 unspecified atom stereocenters. The molecule has 0 radical (unpaired) electrons. The molecule has 1 fully saturated rings. The number of nitrogens with one attached hydrogen (secondary N) is 1. The van der Waals surface area contributed by atoms with Crippen molar-refractivity contribution in [2.24, 2.45) is 0 Å². The van der Waals surface area contributed by atoms with Crippen LogP contribution < -0.4 is 5.32 Å². The van der Waals surface area contributed by atoms with Crippen molar-refractivity contribution in [2.75, 3.05) is 6.61 Å². The predicted molar refractivity (Wildman–Crippen MR) is 67.0 cm³/mol. The minimum absolute atomic E-state index is 0. The van der Waals surface area contributed by atoms with Crippen LogP contribution in [0, 0.1) is 13.8 Å². The molecule has 0 aromatic heterocycles. The summed E-state index contributed by atoms with van der Waals surface area (Å²) in [6, 6.07) is 1.44. The third-order valence-corrected chi connectivity index (χ3v) is 2.93. The second-order valence-electron chi connectivity index (χ2n) is 4.42. The summed E-state index contributed by atoms with van der Waals surface area (Å²) in [5.74, 6) is -3.11. The number of alkyl halides is 2. The lowest BCUT2D eigenvalue weighted by molar-refractivity contribution is -0.104. The molecule has 0 spiro atoms. The second-order valence-corrected chi connectivity index (χ2v) is 4.42. The molecule has 1 atom stereocenters. The Labute approximate surface area is 115 Å². The average Bonchev–Trinajstić information content (AvgIpc) is 2.28. The number of phenols is 1. The van der Waals surface area contributed by atoms with Gasteiger partial charge in [0.25, 0.3) is 0 Å². The second kappa shape index (κ2) is 5.21. The van der Waals surface area contributed by atoms with Gasteiger partial charge in [-0.15, -0.1) is 12.4 Å². The minimum atomic E-state index is -3.18. The molecule has 1 saturated heterocycles. The van der Waals surface area contributed by atoms with Gasteiger partial charge in [0.15, 0.2) is 6.61 Å². The summed E-state index contributed by atoms with van der Waals surface area (Å²) >= 11 is 0. The number of rotatable bonds is 1. The third kappa shape index (κ3) is 2.89. The van der Waals surface area contributed by atoms with Crippen molar-refractivity contribution in [2.45, 2.75) is 25.8 Å². The van der Waals surface area contributed by atoms with Crippen LogP contribution in [0.3, 0.4) is 0 Å². The van der Waals surface area contributed by atoms with E-state index in [0.29, 0.717) is 11.1 Å². The normalized spacial score (nSPS) is 21.1. The monoisotopic (exact) mass is 293 g/mol. The van der Waals surface area contributed by atoms with Gasteiger partial charge in [-0.05, 0) is 30.5 Å². The quantitative estimate of drug-likeness (QED) is 0.837. The number of amides is 1. The Hall–Kier alpha value is -1.56. The van der Waals surface area contributed by atoms with E-state index >= 15 is 0 Å². The fourth-order valence-electron chi connectivity index (χ4n) is 1.99. The van der Waals surface area contributed by atoms with Gasteiger partial charge in [-0.25, -0.2) is 13.6 Å². The van der Waals surface area contributed by atoms with E-state index in [2.05, 4.69) is 10.1 Å². The Balaban J connectivity index is 0.00000180. The largest absolute Gasteiger partial charge is 0.507 e. The zero-order valence-corrected chi connectivity index (χ0v) is 11.2. The van der Waals surface area contributed by atoms with E-state index < -0.39 is 24.7 Å². The van der Waals surface area contributed by atoms with Crippen molar-refractivity contribution in [3.8, 4) is 5.75 Å². The number of alkyl carbamates (subject to hydrolysis) is 1. The van der Waals surface area contributed by atoms with Crippen molar-refractivity contribution in [3.63, 3.8) is 0 Å². The first kappa shape index (κ1) is 15.5. The molecule has 1 aromatic rings. The molecule has 2 rings (SSSR count). The number of carbonyl (C=O) groups excluding carboxylic acids is 1. The van der Waals surface area contributed by atoms with E-state index in [0.717, 1.165) is 0 Å². The smallest absolute Gasteiger partial charge is 0.408 e. The number of aromatic hydroxyl groups is 1. The Morgan fingerprint density at radius 3 is 2.42 bits per heavy atom. The summed E-state index contributed by atoms with van der Waals surface area (Å²) in [6.07, 6.45) is -0.866. The molecule has 2 N–H and O–H groups in total. The van der Waals surface area contributed by atoms with Crippen molar-refractivity contribution in [3.05, 3.63) is 28.8 Å². The molecular formula is C12H14ClF2NO3. The van der Waals surface area contributed by atoms with Gasteiger partial charge in [0.1, 0.15) is 11.8 Å². The number of cyclic esters (lactones) is 1. The topological polar surface area (TPSA) is 58.6 Å². The summed E-state index contributed by atoms with van der Waals surface area (Å²) in [5.41, 5.74) is 1.23. The van der Waals surface area contributed by atoms with Crippen LogP contribution >= 0.6 is 12.4 Å². The van der Waals surface area contributed by atoms with E-state index in [1.54, 1.807) is 13.8 Å². The van der Waals surface area contributed by atoms with E-state index in [9.17, 15) is 18.7 Å². The molecule has 1 heterocycles. The molecule has 4 nitrogen and oxygen atoms in total. The van der Waals surface area contributed by atoms with E-state index in [-0.39, 0.29) is 23.7 Å². The summed E-state index contributed by atoms with van der Waals surface area (Å²) < 4.78 is 31.7. The number of phenolic OH excluding ortho intramolecular Hbond substituents is 1. The Morgan fingerprint density at radius 1 is 1.37 bits per heavy atom. The van der Waals surface area contributed by atoms with Crippen molar-refractivity contribution in [1.29, 1.82) is 0 Å². The molecule has 0 saturated carbocycles. The number of carbonyl (C=O) groups is 1. The first-order chi connectivity index (χ1) is 8.31. The van der Waals surface area contributed by atoms with Crippen LogP contribution in [0.1, 0.15) is 22.7 Å². The highest BCUT2D eigenvalue weighted by molar-refractivity contribution is 5.85. The minimum Gasteiger partial charge on any atom is -0.507 e. The number of halogens is 3. The Bertz CT molecular complexity index is 485. The highest BCUT2D eigenvalue weighted by Gasteiger charge is 2.46. The molecular weight excluding hydrogens is 280 g/mol. The van der Waals surface area contributed by atoms with Gasteiger partial charge in [-0.1, -0.05) is 12.1 Å². The summed E-state index contributed by atoms with van der Waals surface area (Å²) in [5, 5.41) is 11.7. The van der Waals surface area contributed by atoms with Crippen LogP contribution in [0.4, 0.5) is 13.6 Å². The van der Waals surface area contributed by atoms with Crippen LogP contribution in [0.2, 0.25) is 0 Å². The maximum atomic E-state index is 13.7. The standard InChI is InChI=1S/C12H13F2NO3.ClH/c1-6-3-8(4-7(2)9(6)16)10-12(13,14)5-18-11(17)15-10;/h3-4,10,16H,5H2,1-2H3,(H,15,17);1H/t10-;/m1./s1. The van der Waals surface area contributed by atoms with Gasteiger partial charge in [0.2, 0.25) is 0 Å². The molecule has 1 aliphatic heterocycles. The highest BCUT2D eigenvalue weighted by Crippen LogP contribution is 2.36. The van der Waals surface area contributed by atoms with E-state index in [1.807, 2.05) is 0 Å². The van der Waals surface area contributed by atoms with Gasteiger partial charge in [0.05, 0.1) is 0 Å². The van der Waals surface area contributed by atoms with Gasteiger partial charge >= 0.3 is 12.0 Å². The van der Waals surface area contributed by atoms with Gasteiger partial charge < -0.3 is 15.2 Å². The van der Waals surface area contributed by atoms with Gasteiger partial charge in [-0.3, -0.25) is 0 Å². The fourth-order valence-corrected chi connectivity index (χ4v) is 1.99. The van der Waals surface area contributed by atoms with E-state index in [4.69, 9.17) is 0 Å². The first-order valence-corrected chi connectivity index (χ1v) is 5.42. The van der Waals surface area contributed by atoms with Crippen LogP contribution in [0.15, 0.2) is 12.1 Å². The summed E-state index contributed by atoms with van der Waals surface area (Å²) in [7, 11) is 0. The molecule has 1 amide bonds. The number of hydrogen-bond donors (Lipinski definition) is 2. The molecule has 0 aliphatic carbocycles. The lowest BCUT2D eigenvalue weighted by Gasteiger charge is -2.32. The molecule has 1 aromatic carbocycles. The number of hydrogen-bond acceptors (Lipinski definition) is 3. The van der Waals surface area contributed by atoms with Gasteiger partial charge in [0, 0.05) is 0 Å². The van der Waals surface area contributed by atoms with Crippen LogP contribution in [-0.2, 0) is 4.74 Å². The predicted octanol–water partition coefficient (Wildman–Crippen LogP) is 2.85. The fraction of sp³-hybridized carbons (Fsp3) is 0.417. The molecule has 1 aliphatic rings. The summed E-state index contributed by atoms with van der Waals surface area (Å²) in [4.78, 5) is 11.1. The van der Waals surface area contributed by atoms with Crippen LogP contribution in [0.25, 0.3) is 0 Å². The molecule has 0 bridgehead atoms. The van der Waals surface area contributed by atoms with Crippen molar-refractivity contribution < 1.29 is 23.4 Å². The maximum Gasteiger partial charge on any atom is 0.408 e. The van der Waals surface area contributed by atoms with Crippen molar-refractivity contribution in [1.82, 2.24) is 5.32 Å². The zero-order valence-electron chi connectivity index (χ0n) is 10.4. The lowest BCUT2D eigenvalue weighted by Crippen LogP contribution is -2.49. The van der Waals surface area contributed by atoms with Crippen LogP contribution in [0.5, 0.6) is 5.75 Å². The zero-order chi connectivity index (χ0) is 13.5. The SMILES string of the molecule is Cc1cc([C@H]2NC(=O)OCC2(F)F)cc(C)c1O.Cl. The first-order valence-electron chi connectivity index (χ1n) is 5.42. The molecule has 19 heavy (non-hydrogen) atoms. The third-order valence-electron chi connectivity index (χ3n) is 2.93. The number of aryl methyl sites for hydroxylation is 2. The maximum absolute atomic E-state index is 13.7. The highest BCUT2D eigenvalue weighted by atomic mass is 35.5. The average molecular weight is 294 g/mol. The molecule has 106 valence electrons. The van der Waals surface area contributed by atoms with Crippen molar-refractivity contribution >= 4 is 18.5 Å². The van der Waals surface area contributed by atoms with Crippen LogP contribution in [-0.4, -0.2) is 23.7 Å². The molecule has 7 heteroatoms. The Morgan fingerprint density at radius 2 is 1.89 bits per heavy atom. The van der Waals surface area contributed by atoms with Gasteiger partial charge in [-0.2, -0.15) is 0 Å². The number of ether oxygens (including phenoxy) is 1. The number of benzene rings is 1. The Kier molecular flexibility index (Phi) is 4.25.